The molecule has 0 nitrogen and oxygen atoms in total. The molecule has 0 atom stereocenters. The maximum absolute atomic E-state index is 2.43. The highest BCUT2D eigenvalue weighted by molar-refractivity contribution is 6.44. The molecule has 0 heteroatoms. The van der Waals surface area contributed by atoms with Gasteiger partial charge in [-0.15, -0.1) is 0 Å². The van der Waals surface area contributed by atoms with E-state index in [1.807, 2.05) is 0 Å². The van der Waals surface area contributed by atoms with E-state index in [0.717, 1.165) is 0 Å². The smallest absolute Gasteiger partial charge is 0.00134 e. The van der Waals surface area contributed by atoms with E-state index in [0.29, 0.717) is 0 Å². The van der Waals surface area contributed by atoms with Gasteiger partial charge in [0.2, 0.25) is 0 Å². The molecule has 0 saturated heterocycles. The van der Waals surface area contributed by atoms with E-state index in [1.165, 1.54) is 131 Å². The van der Waals surface area contributed by atoms with Crippen LogP contribution in [0.15, 0.2) is 231 Å². The first-order valence-corrected chi connectivity index (χ1v) is 21.6. The third kappa shape index (κ3) is 5.08. The molecule has 0 saturated carbocycles. The number of fused-ring (bicyclic) bond motifs is 7. The zero-order chi connectivity index (χ0) is 40.7. The predicted molar refractivity (Wildman–Crippen MR) is 267 cm³/mol. The summed E-state index contributed by atoms with van der Waals surface area (Å²) in [4.78, 5) is 0. The van der Waals surface area contributed by atoms with Crippen LogP contribution in [-0.4, -0.2) is 0 Å². The van der Waals surface area contributed by atoms with Crippen LogP contribution >= 0.6 is 0 Å². The molecule has 13 aromatic carbocycles. The van der Waals surface area contributed by atoms with Crippen molar-refractivity contribution in [1.82, 2.24) is 0 Å². The molecule has 0 aliphatic heterocycles. The molecule has 0 fully saturated rings. The molecule has 0 amide bonds. The Hall–Kier alpha value is -8.06. The van der Waals surface area contributed by atoms with Gasteiger partial charge >= 0.3 is 0 Å². The van der Waals surface area contributed by atoms with Crippen molar-refractivity contribution in [3.8, 4) is 55.6 Å². The van der Waals surface area contributed by atoms with Gasteiger partial charge in [0.1, 0.15) is 0 Å². The molecule has 0 aliphatic rings. The largest absolute Gasteiger partial charge is 0.0622 e. The van der Waals surface area contributed by atoms with Crippen LogP contribution in [0.2, 0.25) is 0 Å². The second-order valence-corrected chi connectivity index (χ2v) is 16.6. The van der Waals surface area contributed by atoms with Crippen LogP contribution in [-0.2, 0) is 0 Å². The minimum atomic E-state index is 1.21. The highest BCUT2D eigenvalue weighted by Gasteiger charge is 2.24. The van der Waals surface area contributed by atoms with Gasteiger partial charge in [-0.3, -0.25) is 0 Å². The molecular weight excluding hydrogens is 745 g/mol. The Morgan fingerprint density at radius 1 is 0.177 bits per heavy atom. The predicted octanol–water partition coefficient (Wildman–Crippen LogP) is 17.5. The maximum atomic E-state index is 2.43. The molecule has 13 aromatic rings. The van der Waals surface area contributed by atoms with Gasteiger partial charge in [0.25, 0.3) is 0 Å². The van der Waals surface area contributed by atoms with Crippen molar-refractivity contribution in [1.29, 1.82) is 0 Å². The molecule has 0 radical (unpaired) electrons. The minimum absolute atomic E-state index is 1.21. The lowest BCUT2D eigenvalue weighted by Gasteiger charge is -2.23. The third-order valence-electron chi connectivity index (χ3n) is 13.4. The molecule has 0 heterocycles. The fourth-order valence-electron chi connectivity index (χ4n) is 10.8. The lowest BCUT2D eigenvalue weighted by atomic mass is 9.80. The summed E-state index contributed by atoms with van der Waals surface area (Å²) in [7, 11) is 0. The molecule has 0 aliphatic carbocycles. The molecule has 0 N–H and O–H groups in total. The average molecular weight is 783 g/mol. The van der Waals surface area contributed by atoms with Crippen molar-refractivity contribution in [3.63, 3.8) is 0 Å². The van der Waals surface area contributed by atoms with Gasteiger partial charge in [0.05, 0.1) is 0 Å². The van der Waals surface area contributed by atoms with Crippen LogP contribution in [0.3, 0.4) is 0 Å². The molecule has 0 aromatic heterocycles. The first-order valence-electron chi connectivity index (χ1n) is 21.6. The molecule has 0 spiro atoms. The lowest BCUT2D eigenvalue weighted by molar-refractivity contribution is 1.57. The highest BCUT2D eigenvalue weighted by atomic mass is 14.3. The van der Waals surface area contributed by atoms with E-state index in [-0.39, 0.29) is 0 Å². The van der Waals surface area contributed by atoms with E-state index in [9.17, 15) is 0 Å². The van der Waals surface area contributed by atoms with E-state index < -0.39 is 0 Å². The fraction of sp³-hybridized carbons (Fsp3) is 0. The normalized spacial score (nSPS) is 11.9. The van der Waals surface area contributed by atoms with Crippen molar-refractivity contribution in [2.45, 2.75) is 0 Å². The maximum Gasteiger partial charge on any atom is -0.00134 e. The number of rotatable bonds is 5. The van der Waals surface area contributed by atoms with Crippen LogP contribution in [0.5, 0.6) is 0 Å². The van der Waals surface area contributed by atoms with E-state index >= 15 is 0 Å². The van der Waals surface area contributed by atoms with Crippen LogP contribution in [0.1, 0.15) is 0 Å². The quantitative estimate of drug-likeness (QED) is 0.120. The Bertz CT molecular complexity index is 3820. The summed E-state index contributed by atoms with van der Waals surface area (Å²) in [5.74, 6) is 0. The van der Waals surface area contributed by atoms with Crippen LogP contribution in [0.25, 0.3) is 131 Å². The van der Waals surface area contributed by atoms with Gasteiger partial charge in [0.15, 0.2) is 0 Å². The van der Waals surface area contributed by atoms with Gasteiger partial charge in [-0.05, 0) is 137 Å². The third-order valence-corrected chi connectivity index (χ3v) is 13.4. The Morgan fingerprint density at radius 2 is 0.581 bits per heavy atom. The number of benzene rings is 13. The van der Waals surface area contributed by atoms with Crippen LogP contribution in [0.4, 0.5) is 0 Å². The first-order chi connectivity index (χ1) is 30.8. The van der Waals surface area contributed by atoms with Gasteiger partial charge in [0, 0.05) is 0 Å². The molecule has 62 heavy (non-hydrogen) atoms. The fourth-order valence-corrected chi connectivity index (χ4v) is 10.8. The molecule has 0 unspecified atom stereocenters. The van der Waals surface area contributed by atoms with Gasteiger partial charge in [-0.1, -0.05) is 224 Å². The topological polar surface area (TPSA) is 0 Å². The molecule has 286 valence electrons. The summed E-state index contributed by atoms with van der Waals surface area (Å²) in [6.45, 7) is 0. The van der Waals surface area contributed by atoms with Gasteiger partial charge in [-0.25, -0.2) is 0 Å². The molecular formula is C62H38. The Morgan fingerprint density at radius 3 is 1.23 bits per heavy atom. The SMILES string of the molecule is c1ccc(-c2cccc(-c3ccccc3)c2-c2ccc(-c3c4ccccc4c4c5ccc(-c6ccccc6)c6cc7ccccc7c(c7cccc3c74)c65)c3ccccc23)cc1. The van der Waals surface area contributed by atoms with Crippen molar-refractivity contribution in [2.24, 2.45) is 0 Å². The standard InChI is InChI=1S/C62H38/c1-4-18-39(19-5-1)43-34-37-55-60-50-29-15-14-28-49(50)58(53-32-17-33-54(61(53)60)59-46-25-11-10-24-42(46)38-56(43)62(55)59)52-36-35-51(47-26-12-13-27-48(47)52)57-44(40-20-6-2-7-21-40)30-16-31-45(57)41-22-8-3-9-23-41/h1-38H. The van der Waals surface area contributed by atoms with Crippen molar-refractivity contribution in [2.75, 3.05) is 0 Å². The van der Waals surface area contributed by atoms with Crippen molar-refractivity contribution >= 4 is 75.4 Å². The van der Waals surface area contributed by atoms with E-state index in [4.69, 9.17) is 0 Å². The highest BCUT2D eigenvalue weighted by Crippen LogP contribution is 2.52. The molecule has 0 bridgehead atoms. The second-order valence-electron chi connectivity index (χ2n) is 16.6. The zero-order valence-electron chi connectivity index (χ0n) is 33.9. The minimum Gasteiger partial charge on any atom is -0.0622 e. The lowest BCUT2D eigenvalue weighted by Crippen LogP contribution is -1.95. The molecule has 13 rings (SSSR count). The summed E-state index contributed by atoms with van der Waals surface area (Å²) in [5, 5.41) is 18.1. The summed E-state index contributed by atoms with van der Waals surface area (Å²) in [5.41, 5.74) is 12.4. The summed E-state index contributed by atoms with van der Waals surface area (Å²) in [6, 6.07) is 85.5. The van der Waals surface area contributed by atoms with Crippen LogP contribution < -0.4 is 0 Å². The van der Waals surface area contributed by atoms with E-state index in [2.05, 4.69) is 231 Å². The number of hydrogen-bond acceptors (Lipinski definition) is 0. The van der Waals surface area contributed by atoms with E-state index in [1.54, 1.807) is 0 Å². The van der Waals surface area contributed by atoms with Crippen molar-refractivity contribution in [3.05, 3.63) is 231 Å². The summed E-state index contributed by atoms with van der Waals surface area (Å²) >= 11 is 0. The van der Waals surface area contributed by atoms with Gasteiger partial charge < -0.3 is 0 Å². The van der Waals surface area contributed by atoms with Crippen LogP contribution in [0, 0.1) is 0 Å². The summed E-state index contributed by atoms with van der Waals surface area (Å²) in [6.07, 6.45) is 0. The Labute approximate surface area is 359 Å². The Balaban J connectivity index is 1.16. The monoisotopic (exact) mass is 782 g/mol. The number of hydrogen-bond donors (Lipinski definition) is 0. The summed E-state index contributed by atoms with van der Waals surface area (Å²) < 4.78 is 0. The van der Waals surface area contributed by atoms with Gasteiger partial charge in [-0.2, -0.15) is 0 Å². The Kier molecular flexibility index (Phi) is 7.71. The first kappa shape index (κ1) is 34.8. The zero-order valence-corrected chi connectivity index (χ0v) is 33.9. The average Bonchev–Trinajstić information content (AvgIpc) is 3.35. The van der Waals surface area contributed by atoms with Crippen molar-refractivity contribution < 1.29 is 0 Å². The second kappa shape index (κ2) is 13.7.